The first-order valence-electron chi connectivity index (χ1n) is 7.19. The lowest BCUT2D eigenvalue weighted by Crippen LogP contribution is -2.50. The molecule has 0 saturated heterocycles. The average Bonchev–Trinajstić information content (AvgIpc) is 2.98. The Kier molecular flexibility index (Phi) is 5.43. The molecule has 2 atom stereocenters. The highest BCUT2D eigenvalue weighted by molar-refractivity contribution is 5.86. The Hall–Kier alpha value is -2.24. The maximum Gasteiger partial charge on any atom is 0.315 e. The normalized spacial score (nSPS) is 18.8. The summed E-state index contributed by atoms with van der Waals surface area (Å²) in [4.78, 5) is 23.7. The Balaban J connectivity index is 1.70. The van der Waals surface area contributed by atoms with Gasteiger partial charge in [0, 0.05) is 6.04 Å². The third kappa shape index (κ3) is 4.98. The van der Waals surface area contributed by atoms with Crippen LogP contribution >= 0.6 is 0 Å². The molecular weight excluding hydrogens is 270 g/mol. The zero-order valence-electron chi connectivity index (χ0n) is 12.1. The Morgan fingerprint density at radius 3 is 3.00 bits per heavy atom. The van der Waals surface area contributed by atoms with E-state index in [2.05, 4.69) is 22.0 Å². The van der Waals surface area contributed by atoms with Crippen LogP contribution in [0, 0.1) is 0 Å². The van der Waals surface area contributed by atoms with Gasteiger partial charge in [0.05, 0.1) is 12.8 Å². The predicted octanol–water partition coefficient (Wildman–Crippen LogP) is 1.69. The van der Waals surface area contributed by atoms with Gasteiger partial charge in [-0.05, 0) is 38.3 Å². The summed E-state index contributed by atoms with van der Waals surface area (Å²) in [6.07, 6.45) is 8.67. The Labute approximate surface area is 124 Å². The molecule has 1 aliphatic rings. The van der Waals surface area contributed by atoms with Crippen LogP contribution in [0.5, 0.6) is 0 Å². The van der Waals surface area contributed by atoms with Crippen LogP contribution in [0.2, 0.25) is 0 Å². The molecule has 0 saturated carbocycles. The highest BCUT2D eigenvalue weighted by atomic mass is 16.3. The zero-order valence-corrected chi connectivity index (χ0v) is 12.1. The number of furan rings is 1. The quantitative estimate of drug-likeness (QED) is 0.722. The standard InChI is InChI=1S/C15H21N3O3/c1-11(14(19)16-10-13-8-5-9-21-13)17-15(20)18-12-6-3-2-4-7-12/h3,5-6,8-9,11-12H,2,4,7,10H2,1H3,(H,16,19)(H2,17,18,20)/t11-,12-/m0/s1. The van der Waals surface area contributed by atoms with Crippen LogP contribution in [0.4, 0.5) is 4.79 Å². The second kappa shape index (κ2) is 7.52. The summed E-state index contributed by atoms with van der Waals surface area (Å²) < 4.78 is 5.12. The minimum absolute atomic E-state index is 0.0529. The first kappa shape index (κ1) is 15.2. The lowest BCUT2D eigenvalue weighted by Gasteiger charge is -2.20. The molecule has 3 amide bonds. The minimum Gasteiger partial charge on any atom is -0.467 e. The molecule has 114 valence electrons. The molecule has 1 aliphatic carbocycles. The lowest BCUT2D eigenvalue weighted by atomic mass is 10.0. The zero-order chi connectivity index (χ0) is 15.1. The van der Waals surface area contributed by atoms with Gasteiger partial charge in [0.2, 0.25) is 5.91 Å². The molecule has 1 heterocycles. The number of hydrogen-bond donors (Lipinski definition) is 3. The van der Waals surface area contributed by atoms with Crippen LogP contribution in [-0.2, 0) is 11.3 Å². The molecule has 2 rings (SSSR count). The van der Waals surface area contributed by atoms with Crippen LogP contribution in [0.1, 0.15) is 31.9 Å². The van der Waals surface area contributed by atoms with Gasteiger partial charge in [-0.15, -0.1) is 0 Å². The summed E-state index contributed by atoms with van der Waals surface area (Å²) in [5, 5.41) is 8.17. The number of urea groups is 1. The predicted molar refractivity (Wildman–Crippen MR) is 78.5 cm³/mol. The first-order valence-corrected chi connectivity index (χ1v) is 7.19. The number of allylic oxidation sites excluding steroid dienone is 1. The maximum atomic E-state index is 11.9. The third-order valence-corrected chi connectivity index (χ3v) is 3.33. The van der Waals surface area contributed by atoms with Crippen molar-refractivity contribution in [2.75, 3.05) is 0 Å². The van der Waals surface area contributed by atoms with Crippen molar-refractivity contribution >= 4 is 11.9 Å². The van der Waals surface area contributed by atoms with E-state index < -0.39 is 6.04 Å². The molecule has 6 heteroatoms. The van der Waals surface area contributed by atoms with Gasteiger partial charge < -0.3 is 20.4 Å². The summed E-state index contributed by atoms with van der Waals surface area (Å²) in [7, 11) is 0. The largest absolute Gasteiger partial charge is 0.467 e. The molecule has 0 bridgehead atoms. The molecule has 0 spiro atoms. The summed E-state index contributed by atoms with van der Waals surface area (Å²) in [5.41, 5.74) is 0. The molecule has 21 heavy (non-hydrogen) atoms. The maximum absolute atomic E-state index is 11.9. The molecule has 6 nitrogen and oxygen atoms in total. The number of nitrogens with one attached hydrogen (secondary N) is 3. The van der Waals surface area contributed by atoms with Gasteiger partial charge in [-0.25, -0.2) is 4.79 Å². The van der Waals surface area contributed by atoms with Crippen molar-refractivity contribution in [1.29, 1.82) is 0 Å². The minimum atomic E-state index is -0.604. The summed E-state index contributed by atoms with van der Waals surface area (Å²) in [6.45, 7) is 1.96. The second-order valence-electron chi connectivity index (χ2n) is 5.10. The van der Waals surface area contributed by atoms with E-state index in [-0.39, 0.29) is 18.0 Å². The third-order valence-electron chi connectivity index (χ3n) is 3.33. The van der Waals surface area contributed by atoms with Crippen LogP contribution in [0.15, 0.2) is 35.0 Å². The first-order chi connectivity index (χ1) is 10.1. The smallest absolute Gasteiger partial charge is 0.315 e. The molecule has 0 radical (unpaired) electrons. The monoisotopic (exact) mass is 291 g/mol. The fourth-order valence-electron chi connectivity index (χ4n) is 2.15. The molecule has 0 aromatic carbocycles. The lowest BCUT2D eigenvalue weighted by molar-refractivity contribution is -0.122. The highest BCUT2D eigenvalue weighted by Crippen LogP contribution is 2.09. The number of carbonyl (C=O) groups is 2. The number of carbonyl (C=O) groups excluding carboxylic acids is 2. The fourth-order valence-corrected chi connectivity index (χ4v) is 2.15. The van der Waals surface area contributed by atoms with E-state index in [9.17, 15) is 9.59 Å². The van der Waals surface area contributed by atoms with Crippen LogP contribution in [-0.4, -0.2) is 24.0 Å². The van der Waals surface area contributed by atoms with Gasteiger partial charge in [-0.3, -0.25) is 4.79 Å². The van der Waals surface area contributed by atoms with Gasteiger partial charge in [0.1, 0.15) is 11.8 Å². The van der Waals surface area contributed by atoms with Gasteiger partial charge in [-0.2, -0.15) is 0 Å². The fraction of sp³-hybridized carbons (Fsp3) is 0.467. The molecule has 0 unspecified atom stereocenters. The average molecular weight is 291 g/mol. The Morgan fingerprint density at radius 2 is 2.33 bits per heavy atom. The van der Waals surface area contributed by atoms with Gasteiger partial charge in [-0.1, -0.05) is 12.2 Å². The van der Waals surface area contributed by atoms with Crippen LogP contribution in [0.25, 0.3) is 0 Å². The number of hydrogen-bond acceptors (Lipinski definition) is 3. The van der Waals surface area contributed by atoms with E-state index in [0.717, 1.165) is 19.3 Å². The van der Waals surface area contributed by atoms with Crippen molar-refractivity contribution in [3.05, 3.63) is 36.3 Å². The van der Waals surface area contributed by atoms with E-state index in [1.165, 1.54) is 0 Å². The summed E-state index contributed by atoms with van der Waals surface area (Å²) >= 11 is 0. The van der Waals surface area contributed by atoms with Gasteiger partial charge >= 0.3 is 6.03 Å². The highest BCUT2D eigenvalue weighted by Gasteiger charge is 2.17. The Morgan fingerprint density at radius 1 is 1.48 bits per heavy atom. The van der Waals surface area contributed by atoms with E-state index in [0.29, 0.717) is 12.3 Å². The van der Waals surface area contributed by atoms with Crippen molar-refractivity contribution < 1.29 is 14.0 Å². The number of rotatable bonds is 5. The van der Waals surface area contributed by atoms with E-state index >= 15 is 0 Å². The van der Waals surface area contributed by atoms with Gasteiger partial charge in [0.25, 0.3) is 0 Å². The molecule has 0 fully saturated rings. The SMILES string of the molecule is C[C@H](NC(=O)N[C@H]1C=CCCC1)C(=O)NCc1ccco1. The Bertz CT molecular complexity index is 496. The van der Waals surface area contributed by atoms with E-state index in [1.807, 2.05) is 6.08 Å². The summed E-state index contributed by atoms with van der Waals surface area (Å²) in [5.74, 6) is 0.424. The van der Waals surface area contributed by atoms with Crippen LogP contribution < -0.4 is 16.0 Å². The van der Waals surface area contributed by atoms with Crippen molar-refractivity contribution in [3.63, 3.8) is 0 Å². The molecule has 3 N–H and O–H groups in total. The van der Waals surface area contributed by atoms with E-state index in [1.54, 1.807) is 25.3 Å². The number of amides is 3. The molecule has 0 aliphatic heterocycles. The second-order valence-corrected chi connectivity index (χ2v) is 5.10. The molecular formula is C15H21N3O3. The molecule has 1 aromatic heterocycles. The molecule has 1 aromatic rings. The van der Waals surface area contributed by atoms with Crippen molar-refractivity contribution in [3.8, 4) is 0 Å². The van der Waals surface area contributed by atoms with Gasteiger partial charge in [0.15, 0.2) is 0 Å². The van der Waals surface area contributed by atoms with Crippen molar-refractivity contribution in [1.82, 2.24) is 16.0 Å². The topological polar surface area (TPSA) is 83.4 Å². The van der Waals surface area contributed by atoms with E-state index in [4.69, 9.17) is 4.42 Å². The van der Waals surface area contributed by atoms with Crippen LogP contribution in [0.3, 0.4) is 0 Å². The van der Waals surface area contributed by atoms with Crippen molar-refractivity contribution in [2.45, 2.75) is 44.8 Å². The summed E-state index contributed by atoms with van der Waals surface area (Å²) in [6, 6.07) is 2.66. The van der Waals surface area contributed by atoms with Crippen molar-refractivity contribution in [2.24, 2.45) is 0 Å².